The molecule has 1 aliphatic heterocycles. The Labute approximate surface area is 188 Å². The molecule has 32 heavy (non-hydrogen) atoms. The molecule has 1 aliphatic rings. The molecule has 7 heteroatoms. The van der Waals surface area contributed by atoms with Gasteiger partial charge in [0.1, 0.15) is 0 Å². The summed E-state index contributed by atoms with van der Waals surface area (Å²) in [6.45, 7) is 6.90. The van der Waals surface area contributed by atoms with Crippen LogP contribution in [-0.2, 0) is 6.54 Å². The predicted molar refractivity (Wildman–Crippen MR) is 130 cm³/mol. The zero-order chi connectivity index (χ0) is 21.9. The average Bonchev–Trinajstić information content (AvgIpc) is 3.48. The Hall–Kier alpha value is -3.45. The highest BCUT2D eigenvalue weighted by molar-refractivity contribution is 5.84. The fourth-order valence-electron chi connectivity index (χ4n) is 4.07. The lowest BCUT2D eigenvalue weighted by atomic mass is 10.0. The molecule has 0 spiro atoms. The van der Waals surface area contributed by atoms with Gasteiger partial charge in [-0.25, -0.2) is 4.98 Å². The smallest absolute Gasteiger partial charge is 0.227 e. The molecule has 7 nitrogen and oxygen atoms in total. The SMILES string of the molecule is CC(C)n1cnc2c(NCc3ccc(-c4ccccc4)cc3)nc(N[C@H]3CCNC3)nc21. The Morgan fingerprint density at radius 1 is 1.03 bits per heavy atom. The van der Waals surface area contributed by atoms with E-state index in [1.165, 1.54) is 16.7 Å². The molecule has 2 aromatic heterocycles. The van der Waals surface area contributed by atoms with E-state index in [4.69, 9.17) is 9.97 Å². The molecular weight excluding hydrogens is 398 g/mol. The predicted octanol–water partition coefficient (Wildman–Crippen LogP) is 4.46. The van der Waals surface area contributed by atoms with Crippen LogP contribution >= 0.6 is 0 Å². The molecule has 0 saturated carbocycles. The maximum absolute atomic E-state index is 4.79. The maximum Gasteiger partial charge on any atom is 0.227 e. The van der Waals surface area contributed by atoms with E-state index in [0.717, 1.165) is 36.5 Å². The molecule has 0 radical (unpaired) electrons. The number of nitrogens with one attached hydrogen (secondary N) is 3. The lowest BCUT2D eigenvalue weighted by Crippen LogP contribution is -2.23. The molecule has 0 unspecified atom stereocenters. The van der Waals surface area contributed by atoms with Gasteiger partial charge < -0.3 is 20.5 Å². The number of anilines is 2. The van der Waals surface area contributed by atoms with Gasteiger partial charge in [-0.05, 0) is 43.5 Å². The Balaban J connectivity index is 1.39. The number of aromatic nitrogens is 4. The zero-order valence-electron chi connectivity index (χ0n) is 18.5. The highest BCUT2D eigenvalue weighted by atomic mass is 15.2. The van der Waals surface area contributed by atoms with Crippen LogP contribution in [0.5, 0.6) is 0 Å². The van der Waals surface area contributed by atoms with Crippen LogP contribution in [0.1, 0.15) is 31.9 Å². The summed E-state index contributed by atoms with van der Waals surface area (Å²) < 4.78 is 2.09. The van der Waals surface area contributed by atoms with Crippen LogP contribution in [0.4, 0.5) is 11.8 Å². The van der Waals surface area contributed by atoms with E-state index in [-0.39, 0.29) is 6.04 Å². The van der Waals surface area contributed by atoms with Gasteiger partial charge >= 0.3 is 0 Å². The fourth-order valence-corrected chi connectivity index (χ4v) is 4.07. The molecule has 2 aromatic carbocycles. The second kappa shape index (κ2) is 8.96. The van der Waals surface area contributed by atoms with Crippen molar-refractivity contribution in [2.75, 3.05) is 23.7 Å². The number of rotatable bonds is 7. The third-order valence-electron chi connectivity index (χ3n) is 5.89. The monoisotopic (exact) mass is 427 g/mol. The fraction of sp³-hybridized carbons (Fsp3) is 0.320. The second-order valence-electron chi connectivity index (χ2n) is 8.56. The van der Waals surface area contributed by atoms with E-state index >= 15 is 0 Å². The Morgan fingerprint density at radius 2 is 1.81 bits per heavy atom. The lowest BCUT2D eigenvalue weighted by Gasteiger charge is -2.15. The largest absolute Gasteiger partial charge is 0.364 e. The first-order valence-electron chi connectivity index (χ1n) is 11.3. The van der Waals surface area contributed by atoms with Gasteiger partial charge in [-0.2, -0.15) is 9.97 Å². The Kier molecular flexibility index (Phi) is 5.73. The van der Waals surface area contributed by atoms with Gasteiger partial charge in [0.05, 0.1) is 6.33 Å². The molecule has 0 bridgehead atoms. The second-order valence-corrected chi connectivity index (χ2v) is 8.56. The number of hydrogen-bond acceptors (Lipinski definition) is 6. The summed E-state index contributed by atoms with van der Waals surface area (Å²) in [4.78, 5) is 14.2. The summed E-state index contributed by atoms with van der Waals surface area (Å²) in [5.41, 5.74) is 5.28. The summed E-state index contributed by atoms with van der Waals surface area (Å²) in [5.74, 6) is 1.41. The molecule has 1 fully saturated rings. The average molecular weight is 428 g/mol. The molecule has 1 atom stereocenters. The van der Waals surface area contributed by atoms with E-state index in [2.05, 4.69) is 87.9 Å². The van der Waals surface area contributed by atoms with Gasteiger partial charge in [0.25, 0.3) is 0 Å². The number of benzene rings is 2. The molecule has 0 aliphatic carbocycles. The molecule has 4 aromatic rings. The normalized spacial score (nSPS) is 16.0. The van der Waals surface area contributed by atoms with Crippen LogP contribution in [0, 0.1) is 0 Å². The third-order valence-corrected chi connectivity index (χ3v) is 5.89. The van der Waals surface area contributed by atoms with E-state index in [1.54, 1.807) is 0 Å². The van der Waals surface area contributed by atoms with Crippen molar-refractivity contribution in [2.24, 2.45) is 0 Å². The van der Waals surface area contributed by atoms with Crippen molar-refractivity contribution in [3.05, 3.63) is 66.5 Å². The summed E-state index contributed by atoms with van der Waals surface area (Å²) >= 11 is 0. The maximum atomic E-state index is 4.79. The van der Waals surface area contributed by atoms with Gasteiger partial charge in [-0.15, -0.1) is 0 Å². The highest BCUT2D eigenvalue weighted by Crippen LogP contribution is 2.25. The van der Waals surface area contributed by atoms with Crippen molar-refractivity contribution in [2.45, 2.75) is 38.9 Å². The van der Waals surface area contributed by atoms with Gasteiger partial charge in [0.2, 0.25) is 5.95 Å². The molecular formula is C25H29N7. The topological polar surface area (TPSA) is 79.7 Å². The van der Waals surface area contributed by atoms with Crippen molar-refractivity contribution in [1.29, 1.82) is 0 Å². The van der Waals surface area contributed by atoms with Crippen molar-refractivity contribution in [3.63, 3.8) is 0 Å². The van der Waals surface area contributed by atoms with Gasteiger partial charge in [0.15, 0.2) is 17.0 Å². The summed E-state index contributed by atoms with van der Waals surface area (Å²) in [6.07, 6.45) is 2.92. The van der Waals surface area contributed by atoms with Crippen LogP contribution in [0.3, 0.4) is 0 Å². The van der Waals surface area contributed by atoms with Crippen LogP contribution in [0.25, 0.3) is 22.3 Å². The molecule has 3 N–H and O–H groups in total. The first-order valence-corrected chi connectivity index (χ1v) is 11.3. The molecule has 164 valence electrons. The van der Waals surface area contributed by atoms with E-state index < -0.39 is 0 Å². The molecule has 1 saturated heterocycles. The van der Waals surface area contributed by atoms with E-state index in [9.17, 15) is 0 Å². The minimum Gasteiger partial charge on any atom is -0.364 e. The van der Waals surface area contributed by atoms with Crippen LogP contribution in [0.15, 0.2) is 60.9 Å². The van der Waals surface area contributed by atoms with Crippen LogP contribution in [0.2, 0.25) is 0 Å². The summed E-state index contributed by atoms with van der Waals surface area (Å²) in [5, 5.41) is 10.4. The zero-order valence-corrected chi connectivity index (χ0v) is 18.5. The summed E-state index contributed by atoms with van der Waals surface area (Å²) in [6, 6.07) is 19.7. The number of nitrogens with zero attached hydrogens (tertiary/aromatic N) is 4. The van der Waals surface area contributed by atoms with Gasteiger partial charge in [0, 0.05) is 25.2 Å². The minimum absolute atomic E-state index is 0.272. The third kappa shape index (κ3) is 4.29. The number of imidazole rings is 1. The molecule has 0 amide bonds. The van der Waals surface area contributed by atoms with Gasteiger partial charge in [-0.3, -0.25) is 0 Å². The Bertz CT molecular complexity index is 1180. The van der Waals surface area contributed by atoms with Crippen molar-refractivity contribution < 1.29 is 0 Å². The first kappa shape index (κ1) is 20.5. The van der Waals surface area contributed by atoms with E-state index in [0.29, 0.717) is 18.5 Å². The number of fused-ring (bicyclic) bond motifs is 1. The Morgan fingerprint density at radius 3 is 2.53 bits per heavy atom. The van der Waals surface area contributed by atoms with Crippen LogP contribution < -0.4 is 16.0 Å². The first-order chi connectivity index (χ1) is 15.7. The van der Waals surface area contributed by atoms with E-state index in [1.807, 2.05) is 12.4 Å². The summed E-state index contributed by atoms with van der Waals surface area (Å²) in [7, 11) is 0. The van der Waals surface area contributed by atoms with Crippen molar-refractivity contribution >= 4 is 22.9 Å². The molecule has 5 rings (SSSR count). The molecule has 3 heterocycles. The standard InChI is InChI=1S/C25H29N7/c1-17(2)32-16-28-22-23(30-25(31-24(22)32)29-21-12-13-26-15-21)27-14-18-8-10-20(11-9-18)19-6-4-3-5-7-19/h3-11,16-17,21,26H,12-15H2,1-2H3,(H2,27,29,30,31)/t21-/m0/s1. The number of hydrogen-bond donors (Lipinski definition) is 3. The lowest BCUT2D eigenvalue weighted by molar-refractivity contribution is 0.612. The highest BCUT2D eigenvalue weighted by Gasteiger charge is 2.19. The van der Waals surface area contributed by atoms with Crippen molar-refractivity contribution in [3.8, 4) is 11.1 Å². The van der Waals surface area contributed by atoms with Gasteiger partial charge in [-0.1, -0.05) is 54.6 Å². The minimum atomic E-state index is 0.272. The van der Waals surface area contributed by atoms with Crippen molar-refractivity contribution in [1.82, 2.24) is 24.8 Å². The quantitative estimate of drug-likeness (QED) is 0.404. The van der Waals surface area contributed by atoms with Crippen LogP contribution in [-0.4, -0.2) is 38.7 Å².